The van der Waals surface area contributed by atoms with Gasteiger partial charge in [0.1, 0.15) is 18.2 Å². The molecule has 1 unspecified atom stereocenters. The molecule has 7 nitrogen and oxygen atoms in total. The molecule has 0 saturated heterocycles. The van der Waals surface area contributed by atoms with Crippen molar-refractivity contribution in [3.63, 3.8) is 0 Å². The van der Waals surface area contributed by atoms with E-state index in [-0.39, 0.29) is 18.8 Å². The van der Waals surface area contributed by atoms with Crippen molar-refractivity contribution < 1.29 is 28.2 Å². The fraction of sp³-hybridized carbons (Fsp3) is 0.130. The van der Waals surface area contributed by atoms with Gasteiger partial charge in [0.15, 0.2) is 0 Å². The summed E-state index contributed by atoms with van der Waals surface area (Å²) in [5, 5.41) is 2.40. The van der Waals surface area contributed by atoms with E-state index in [1.54, 1.807) is 0 Å². The smallest absolute Gasteiger partial charge is 0.338 e. The molecule has 1 aliphatic rings. The normalized spacial score (nSPS) is 14.8. The van der Waals surface area contributed by atoms with Crippen LogP contribution in [0.25, 0.3) is 0 Å². The molecule has 0 saturated carbocycles. The minimum Gasteiger partial charge on any atom is -0.460 e. The standard InChI is InChI=1S/C23H19FN2O5/c24-18-10-16(12-29-21(27)14-6-8-19(9-7-14)26-23(25)28)20-17(11-18)13-30-22(31-20)15-4-2-1-3-5-15/h1-11,22H,12-13H2,(H3,25,26,28). The van der Waals surface area contributed by atoms with Crippen LogP contribution in [0.2, 0.25) is 0 Å². The number of primary amides is 1. The fourth-order valence-electron chi connectivity index (χ4n) is 3.22. The molecule has 0 aliphatic carbocycles. The maximum Gasteiger partial charge on any atom is 0.338 e. The Hall–Kier alpha value is -3.91. The molecule has 0 spiro atoms. The van der Waals surface area contributed by atoms with Crippen LogP contribution in [-0.4, -0.2) is 12.0 Å². The largest absolute Gasteiger partial charge is 0.460 e. The quantitative estimate of drug-likeness (QED) is 0.598. The van der Waals surface area contributed by atoms with E-state index in [1.807, 2.05) is 30.3 Å². The number of fused-ring (bicyclic) bond motifs is 1. The highest BCUT2D eigenvalue weighted by Crippen LogP contribution is 2.36. The molecule has 158 valence electrons. The van der Waals surface area contributed by atoms with Crippen LogP contribution >= 0.6 is 0 Å². The number of rotatable bonds is 5. The molecule has 4 rings (SSSR count). The number of anilines is 1. The molecule has 1 atom stereocenters. The topological polar surface area (TPSA) is 99.9 Å². The number of amides is 2. The summed E-state index contributed by atoms with van der Waals surface area (Å²) in [5.41, 5.74) is 7.54. The lowest BCUT2D eigenvalue weighted by Crippen LogP contribution is -2.20. The molecule has 31 heavy (non-hydrogen) atoms. The molecule has 2 amide bonds. The lowest BCUT2D eigenvalue weighted by atomic mass is 10.1. The number of benzene rings is 3. The van der Waals surface area contributed by atoms with Crippen LogP contribution in [0.1, 0.15) is 33.3 Å². The number of hydrogen-bond acceptors (Lipinski definition) is 5. The Labute approximate surface area is 177 Å². The van der Waals surface area contributed by atoms with Crippen molar-refractivity contribution in [1.82, 2.24) is 0 Å². The van der Waals surface area contributed by atoms with Crippen LogP contribution < -0.4 is 15.8 Å². The first-order chi connectivity index (χ1) is 15.0. The van der Waals surface area contributed by atoms with Crippen molar-refractivity contribution in [3.05, 3.63) is 94.8 Å². The van der Waals surface area contributed by atoms with Crippen molar-refractivity contribution in [2.75, 3.05) is 5.32 Å². The monoisotopic (exact) mass is 422 g/mol. The Morgan fingerprint density at radius 2 is 1.84 bits per heavy atom. The van der Waals surface area contributed by atoms with E-state index in [2.05, 4.69) is 5.32 Å². The minimum absolute atomic E-state index is 0.169. The number of urea groups is 1. The molecule has 3 aromatic rings. The van der Waals surface area contributed by atoms with Gasteiger partial charge in [-0.15, -0.1) is 0 Å². The summed E-state index contributed by atoms with van der Waals surface area (Å²) in [6, 6.07) is 17.3. The first-order valence-electron chi connectivity index (χ1n) is 9.48. The zero-order valence-electron chi connectivity index (χ0n) is 16.3. The van der Waals surface area contributed by atoms with Gasteiger partial charge >= 0.3 is 12.0 Å². The summed E-state index contributed by atoms with van der Waals surface area (Å²) in [4.78, 5) is 23.3. The van der Waals surface area contributed by atoms with Gasteiger partial charge in [-0.25, -0.2) is 14.0 Å². The second-order valence-corrected chi connectivity index (χ2v) is 6.87. The maximum absolute atomic E-state index is 14.1. The van der Waals surface area contributed by atoms with Gasteiger partial charge in [-0.3, -0.25) is 0 Å². The third-order valence-corrected chi connectivity index (χ3v) is 4.64. The Kier molecular flexibility index (Phi) is 5.81. The first kappa shape index (κ1) is 20.4. The molecule has 1 aliphatic heterocycles. The molecular weight excluding hydrogens is 403 g/mol. The number of halogens is 1. The van der Waals surface area contributed by atoms with Gasteiger partial charge in [-0.1, -0.05) is 30.3 Å². The number of esters is 1. The number of carbonyl (C=O) groups excluding carboxylic acids is 2. The Morgan fingerprint density at radius 3 is 2.55 bits per heavy atom. The van der Waals surface area contributed by atoms with E-state index in [4.69, 9.17) is 19.9 Å². The van der Waals surface area contributed by atoms with Crippen molar-refractivity contribution in [1.29, 1.82) is 0 Å². The van der Waals surface area contributed by atoms with Crippen molar-refractivity contribution >= 4 is 17.7 Å². The van der Waals surface area contributed by atoms with E-state index in [1.165, 1.54) is 36.4 Å². The summed E-state index contributed by atoms with van der Waals surface area (Å²) in [6.45, 7) is -0.0103. The SMILES string of the molecule is NC(=O)Nc1ccc(C(=O)OCc2cc(F)cc3c2OC(c2ccccc2)OC3)cc1. The summed E-state index contributed by atoms with van der Waals surface area (Å²) >= 11 is 0. The zero-order chi connectivity index (χ0) is 21.8. The van der Waals surface area contributed by atoms with Crippen LogP contribution in [0.5, 0.6) is 5.75 Å². The van der Waals surface area contributed by atoms with Crippen molar-refractivity contribution in [3.8, 4) is 5.75 Å². The van der Waals surface area contributed by atoms with Gasteiger partial charge in [0, 0.05) is 22.4 Å². The third kappa shape index (κ3) is 4.81. The second-order valence-electron chi connectivity index (χ2n) is 6.87. The second kappa shape index (κ2) is 8.85. The fourth-order valence-corrected chi connectivity index (χ4v) is 3.22. The number of nitrogens with one attached hydrogen (secondary N) is 1. The number of carbonyl (C=O) groups is 2. The highest BCUT2D eigenvalue weighted by atomic mass is 19.1. The lowest BCUT2D eigenvalue weighted by Gasteiger charge is -2.28. The summed E-state index contributed by atoms with van der Waals surface area (Å²) in [5.74, 6) is -0.636. The molecule has 3 aromatic carbocycles. The third-order valence-electron chi connectivity index (χ3n) is 4.64. The van der Waals surface area contributed by atoms with E-state index >= 15 is 0 Å². The summed E-state index contributed by atoms with van der Waals surface area (Å²) in [7, 11) is 0. The van der Waals surface area contributed by atoms with Gasteiger partial charge in [-0.2, -0.15) is 0 Å². The highest BCUT2D eigenvalue weighted by molar-refractivity contribution is 5.91. The van der Waals surface area contributed by atoms with Gasteiger partial charge < -0.3 is 25.3 Å². The van der Waals surface area contributed by atoms with Crippen LogP contribution in [-0.2, 0) is 22.7 Å². The van der Waals surface area contributed by atoms with Crippen LogP contribution in [0.15, 0.2) is 66.7 Å². The Balaban J connectivity index is 1.48. The van der Waals surface area contributed by atoms with E-state index in [0.29, 0.717) is 22.6 Å². The summed E-state index contributed by atoms with van der Waals surface area (Å²) < 4.78 is 31.1. The van der Waals surface area contributed by atoms with E-state index in [9.17, 15) is 14.0 Å². The van der Waals surface area contributed by atoms with E-state index in [0.717, 1.165) is 5.56 Å². The number of ether oxygens (including phenoxy) is 3. The van der Waals surface area contributed by atoms with Gasteiger partial charge in [0.05, 0.1) is 12.2 Å². The Bertz CT molecular complexity index is 1100. The van der Waals surface area contributed by atoms with Crippen molar-refractivity contribution in [2.45, 2.75) is 19.5 Å². The number of hydrogen-bond donors (Lipinski definition) is 2. The maximum atomic E-state index is 14.1. The molecule has 0 fully saturated rings. The van der Waals surface area contributed by atoms with Gasteiger partial charge in [0.25, 0.3) is 0 Å². The molecule has 0 radical (unpaired) electrons. The van der Waals surface area contributed by atoms with E-state index < -0.39 is 24.1 Å². The predicted molar refractivity (Wildman–Crippen MR) is 110 cm³/mol. The molecular formula is C23H19FN2O5. The molecule has 0 aromatic heterocycles. The zero-order valence-corrected chi connectivity index (χ0v) is 16.3. The van der Waals surface area contributed by atoms with Crippen molar-refractivity contribution in [2.24, 2.45) is 5.73 Å². The van der Waals surface area contributed by atoms with Gasteiger partial charge in [-0.05, 0) is 36.4 Å². The predicted octanol–water partition coefficient (Wildman–Crippen LogP) is 4.28. The molecule has 3 N–H and O–H groups in total. The van der Waals surface area contributed by atoms with Crippen LogP contribution in [0.4, 0.5) is 14.9 Å². The first-order valence-corrected chi connectivity index (χ1v) is 9.48. The lowest BCUT2D eigenvalue weighted by molar-refractivity contribution is -0.112. The average Bonchev–Trinajstić information content (AvgIpc) is 2.77. The number of nitrogens with two attached hydrogens (primary N) is 1. The van der Waals surface area contributed by atoms with Gasteiger partial charge in [0.2, 0.25) is 6.29 Å². The Morgan fingerprint density at radius 1 is 1.10 bits per heavy atom. The molecule has 1 heterocycles. The van der Waals surface area contributed by atoms with Crippen LogP contribution in [0, 0.1) is 5.82 Å². The molecule has 0 bridgehead atoms. The van der Waals surface area contributed by atoms with Crippen LogP contribution in [0.3, 0.4) is 0 Å². The average molecular weight is 422 g/mol. The minimum atomic E-state index is -0.705. The summed E-state index contributed by atoms with van der Waals surface area (Å²) in [6.07, 6.45) is -0.640. The molecule has 8 heteroatoms. The highest BCUT2D eigenvalue weighted by Gasteiger charge is 2.25.